The van der Waals surface area contributed by atoms with E-state index >= 15 is 0 Å². The number of methoxy groups -OCH3 is 1. The van der Waals surface area contributed by atoms with Gasteiger partial charge in [-0.05, 0) is 0 Å². The molecule has 0 saturated heterocycles. The van der Waals surface area contributed by atoms with Gasteiger partial charge in [-0.3, -0.25) is 4.79 Å². The molecule has 1 heterocycles. The fourth-order valence-corrected chi connectivity index (χ4v) is 2.48. The zero-order chi connectivity index (χ0) is 14.4. The fourth-order valence-electron chi connectivity index (χ4n) is 1.63. The third-order valence-corrected chi connectivity index (χ3v) is 3.76. The summed E-state index contributed by atoms with van der Waals surface area (Å²) in [6, 6.07) is 11.1. The molecule has 0 radical (unpaired) electrons. The van der Waals surface area contributed by atoms with Gasteiger partial charge in [0.1, 0.15) is 17.5 Å². The van der Waals surface area contributed by atoms with Crippen LogP contribution in [0.2, 0.25) is 0 Å². The van der Waals surface area contributed by atoms with E-state index in [1.54, 1.807) is 0 Å². The van der Waals surface area contributed by atoms with Crippen LogP contribution in [0.1, 0.15) is 5.76 Å². The van der Waals surface area contributed by atoms with Gasteiger partial charge in [-0.2, -0.15) is 11.8 Å². The molecule has 6 heteroatoms. The summed E-state index contributed by atoms with van der Waals surface area (Å²) in [5.74, 6) is 1.45. The zero-order valence-corrected chi connectivity index (χ0v) is 11.9. The number of aromatic nitrogens is 1. The van der Waals surface area contributed by atoms with E-state index in [1.807, 2.05) is 36.4 Å². The van der Waals surface area contributed by atoms with Crippen molar-refractivity contribution < 1.29 is 14.1 Å². The molecule has 0 amide bonds. The normalized spacial score (nSPS) is 12.1. The van der Waals surface area contributed by atoms with E-state index in [0.29, 0.717) is 11.5 Å². The third kappa shape index (κ3) is 3.85. The molecule has 106 valence electrons. The second kappa shape index (κ2) is 7.12. The molecule has 1 aromatic heterocycles. The molecule has 2 rings (SSSR count). The molecule has 1 unspecified atom stereocenters. The van der Waals surface area contributed by atoms with E-state index in [9.17, 15) is 4.79 Å². The number of carbonyl (C=O) groups excluding carboxylic acids is 1. The number of thioether (sulfide) groups is 1. The Balaban J connectivity index is 1.86. The van der Waals surface area contributed by atoms with Crippen LogP contribution in [-0.4, -0.2) is 30.0 Å². The lowest BCUT2D eigenvalue weighted by molar-refractivity contribution is -0.141. The number of hydrogen-bond acceptors (Lipinski definition) is 6. The highest BCUT2D eigenvalue weighted by molar-refractivity contribution is 7.98. The van der Waals surface area contributed by atoms with Crippen molar-refractivity contribution in [1.82, 2.24) is 5.16 Å². The van der Waals surface area contributed by atoms with Crippen molar-refractivity contribution in [2.45, 2.75) is 11.8 Å². The number of benzene rings is 1. The van der Waals surface area contributed by atoms with Crippen LogP contribution in [-0.2, 0) is 15.3 Å². The fraction of sp³-hybridized carbons (Fsp3) is 0.286. The Morgan fingerprint density at radius 1 is 1.45 bits per heavy atom. The molecule has 0 bridgehead atoms. The lowest BCUT2D eigenvalue weighted by Gasteiger charge is -2.07. The highest BCUT2D eigenvalue weighted by Crippen LogP contribution is 2.21. The van der Waals surface area contributed by atoms with Crippen LogP contribution < -0.4 is 5.73 Å². The Morgan fingerprint density at radius 3 is 2.90 bits per heavy atom. The van der Waals surface area contributed by atoms with Gasteiger partial charge < -0.3 is 15.0 Å². The molecule has 1 atom stereocenters. The summed E-state index contributed by atoms with van der Waals surface area (Å²) in [7, 11) is 1.33. The summed E-state index contributed by atoms with van der Waals surface area (Å²) < 4.78 is 9.82. The molecule has 0 fully saturated rings. The van der Waals surface area contributed by atoms with Gasteiger partial charge in [-0.15, -0.1) is 0 Å². The molecule has 0 spiro atoms. The molecule has 1 aromatic carbocycles. The molecule has 0 aliphatic rings. The largest absolute Gasteiger partial charge is 0.468 e. The average molecular weight is 292 g/mol. The maximum absolute atomic E-state index is 11.1. The van der Waals surface area contributed by atoms with Gasteiger partial charge in [0, 0.05) is 17.4 Å². The minimum Gasteiger partial charge on any atom is -0.468 e. The predicted molar refractivity (Wildman–Crippen MR) is 78.1 cm³/mol. The number of nitrogens with two attached hydrogens (primary N) is 1. The summed E-state index contributed by atoms with van der Waals surface area (Å²) in [4.78, 5) is 11.1. The monoisotopic (exact) mass is 292 g/mol. The molecular weight excluding hydrogens is 276 g/mol. The van der Waals surface area contributed by atoms with Gasteiger partial charge in [0.05, 0.1) is 12.9 Å². The van der Waals surface area contributed by atoms with E-state index < -0.39 is 12.0 Å². The lowest BCUT2D eigenvalue weighted by atomic mass is 10.1. The smallest absolute Gasteiger partial charge is 0.323 e. The summed E-state index contributed by atoms with van der Waals surface area (Å²) in [5.41, 5.74) is 7.46. The van der Waals surface area contributed by atoms with Crippen LogP contribution in [0, 0.1) is 0 Å². The molecule has 2 aromatic rings. The predicted octanol–water partition coefficient (Wildman–Crippen LogP) is 2.08. The second-order valence-electron chi connectivity index (χ2n) is 4.19. The Hall–Kier alpha value is -1.79. The van der Waals surface area contributed by atoms with Crippen molar-refractivity contribution in [2.75, 3.05) is 12.9 Å². The first kappa shape index (κ1) is 14.6. The summed E-state index contributed by atoms with van der Waals surface area (Å²) in [6.45, 7) is 0. The Morgan fingerprint density at radius 2 is 2.20 bits per heavy atom. The van der Waals surface area contributed by atoms with Gasteiger partial charge >= 0.3 is 5.97 Å². The number of hydrogen-bond donors (Lipinski definition) is 1. The molecule has 2 N–H and O–H groups in total. The van der Waals surface area contributed by atoms with E-state index in [4.69, 9.17) is 10.3 Å². The number of carbonyl (C=O) groups is 1. The van der Waals surface area contributed by atoms with Gasteiger partial charge in [-0.25, -0.2) is 0 Å². The standard InChI is InChI=1S/C14H16N2O3S/c1-18-14(17)12(15)9-20-8-11-7-13(16-19-11)10-5-3-2-4-6-10/h2-7,12H,8-9,15H2,1H3. The maximum Gasteiger partial charge on any atom is 0.323 e. The molecule has 20 heavy (non-hydrogen) atoms. The van der Waals surface area contributed by atoms with Crippen molar-refractivity contribution >= 4 is 17.7 Å². The van der Waals surface area contributed by atoms with Crippen LogP contribution in [0.3, 0.4) is 0 Å². The van der Waals surface area contributed by atoms with E-state index in [0.717, 1.165) is 17.0 Å². The van der Waals surface area contributed by atoms with E-state index in [2.05, 4.69) is 9.89 Å². The van der Waals surface area contributed by atoms with Crippen molar-refractivity contribution in [3.63, 3.8) is 0 Å². The summed E-state index contributed by atoms with van der Waals surface area (Å²) in [5, 5.41) is 4.02. The van der Waals surface area contributed by atoms with Crippen LogP contribution in [0.25, 0.3) is 11.3 Å². The first-order valence-corrected chi connectivity index (χ1v) is 7.28. The van der Waals surface area contributed by atoms with Gasteiger partial charge in [0.25, 0.3) is 0 Å². The van der Waals surface area contributed by atoms with Gasteiger partial charge in [0.15, 0.2) is 0 Å². The van der Waals surface area contributed by atoms with Crippen molar-refractivity contribution in [3.8, 4) is 11.3 Å². The topological polar surface area (TPSA) is 78.4 Å². The molecule has 0 aliphatic carbocycles. The highest BCUT2D eigenvalue weighted by atomic mass is 32.2. The Bertz CT molecular complexity index is 557. The van der Waals surface area contributed by atoms with Gasteiger partial charge in [0.2, 0.25) is 0 Å². The van der Waals surface area contributed by atoms with E-state index in [-0.39, 0.29) is 0 Å². The van der Waals surface area contributed by atoms with Crippen molar-refractivity contribution in [3.05, 3.63) is 42.2 Å². The molecule has 0 aliphatic heterocycles. The van der Waals surface area contributed by atoms with Crippen molar-refractivity contribution in [2.24, 2.45) is 5.73 Å². The Labute approximate surface area is 121 Å². The summed E-state index contributed by atoms with van der Waals surface area (Å²) in [6.07, 6.45) is 0. The third-order valence-electron chi connectivity index (χ3n) is 2.67. The highest BCUT2D eigenvalue weighted by Gasteiger charge is 2.14. The van der Waals surface area contributed by atoms with Crippen molar-refractivity contribution in [1.29, 1.82) is 0 Å². The van der Waals surface area contributed by atoms with Crippen LogP contribution in [0.5, 0.6) is 0 Å². The number of esters is 1. The quantitative estimate of drug-likeness (QED) is 0.821. The first-order chi connectivity index (χ1) is 9.70. The van der Waals surface area contributed by atoms with Crippen LogP contribution >= 0.6 is 11.8 Å². The SMILES string of the molecule is COC(=O)C(N)CSCc1cc(-c2ccccc2)no1. The first-order valence-electron chi connectivity index (χ1n) is 6.13. The lowest BCUT2D eigenvalue weighted by Crippen LogP contribution is -2.33. The molecule has 5 nitrogen and oxygen atoms in total. The number of rotatable bonds is 6. The zero-order valence-electron chi connectivity index (χ0n) is 11.1. The second-order valence-corrected chi connectivity index (χ2v) is 5.22. The average Bonchev–Trinajstić information content (AvgIpc) is 2.96. The molecule has 0 saturated carbocycles. The summed E-state index contributed by atoms with van der Waals surface area (Å²) >= 11 is 1.51. The van der Waals surface area contributed by atoms with Crippen LogP contribution in [0.4, 0.5) is 0 Å². The van der Waals surface area contributed by atoms with Crippen LogP contribution in [0.15, 0.2) is 40.9 Å². The minimum atomic E-state index is -0.610. The molecular formula is C14H16N2O3S. The number of ether oxygens (including phenoxy) is 1. The minimum absolute atomic E-state index is 0.403. The number of nitrogens with zero attached hydrogens (tertiary/aromatic N) is 1. The Kier molecular flexibility index (Phi) is 5.20. The maximum atomic E-state index is 11.1. The van der Waals surface area contributed by atoms with E-state index in [1.165, 1.54) is 18.9 Å². The van der Waals surface area contributed by atoms with Gasteiger partial charge in [-0.1, -0.05) is 35.5 Å².